The average molecular weight is 374 g/mol. The van der Waals surface area contributed by atoms with E-state index in [2.05, 4.69) is 15.5 Å². The largest absolute Gasteiger partial charge is 0.491 e. The molecule has 0 aromatic heterocycles. The first-order chi connectivity index (χ1) is 12.6. The maximum Gasteiger partial charge on any atom is 0.319 e. The zero-order chi connectivity index (χ0) is 18.4. The summed E-state index contributed by atoms with van der Waals surface area (Å²) < 4.78 is 5.66. The highest BCUT2D eigenvalue weighted by molar-refractivity contribution is 6.30. The third-order valence-electron chi connectivity index (χ3n) is 4.38. The highest BCUT2D eigenvalue weighted by Gasteiger charge is 2.12. The van der Waals surface area contributed by atoms with Crippen molar-refractivity contribution in [3.05, 3.63) is 53.1 Å². The van der Waals surface area contributed by atoms with Crippen LogP contribution in [0.25, 0.3) is 0 Å². The van der Waals surface area contributed by atoms with Crippen molar-refractivity contribution in [3.63, 3.8) is 0 Å². The molecule has 2 amide bonds. The van der Waals surface area contributed by atoms with Crippen molar-refractivity contribution in [1.29, 1.82) is 0 Å². The molecule has 1 aliphatic heterocycles. The van der Waals surface area contributed by atoms with Crippen molar-refractivity contribution in [1.82, 2.24) is 5.32 Å². The first kappa shape index (κ1) is 18.4. The molecule has 5 nitrogen and oxygen atoms in total. The lowest BCUT2D eigenvalue weighted by atomic mass is 10.2. The van der Waals surface area contributed by atoms with E-state index >= 15 is 0 Å². The normalized spacial score (nSPS) is 13.5. The van der Waals surface area contributed by atoms with Crippen molar-refractivity contribution >= 4 is 29.0 Å². The lowest BCUT2D eigenvalue weighted by Crippen LogP contribution is -2.32. The van der Waals surface area contributed by atoms with Gasteiger partial charge >= 0.3 is 6.03 Å². The average Bonchev–Trinajstić information content (AvgIpc) is 3.15. The molecular weight excluding hydrogens is 350 g/mol. The number of hydrogen-bond donors (Lipinski definition) is 2. The SMILES string of the molecule is Cc1cc(Cl)ccc1OCCNC(=O)Nc1ccc(N2CCCC2)cc1. The minimum Gasteiger partial charge on any atom is -0.491 e. The van der Waals surface area contributed by atoms with Gasteiger partial charge in [-0.25, -0.2) is 4.79 Å². The number of aryl methyl sites for hydroxylation is 1. The Hall–Kier alpha value is -2.40. The molecule has 3 rings (SSSR count). The summed E-state index contributed by atoms with van der Waals surface area (Å²) in [6.07, 6.45) is 2.50. The minimum atomic E-state index is -0.240. The molecule has 1 aliphatic rings. The van der Waals surface area contributed by atoms with Crippen molar-refractivity contribution in [2.75, 3.05) is 36.5 Å². The maximum absolute atomic E-state index is 12.0. The number of nitrogens with one attached hydrogen (secondary N) is 2. The Labute approximate surface area is 159 Å². The van der Waals surface area contributed by atoms with Crippen LogP contribution in [0.3, 0.4) is 0 Å². The summed E-state index contributed by atoms with van der Waals surface area (Å²) in [6.45, 7) is 4.97. The molecule has 0 unspecified atom stereocenters. The summed E-state index contributed by atoms with van der Waals surface area (Å²) in [4.78, 5) is 14.3. The lowest BCUT2D eigenvalue weighted by molar-refractivity contribution is 0.247. The standard InChI is InChI=1S/C20H24ClN3O2/c1-15-14-16(21)4-9-19(15)26-13-10-22-20(25)23-17-5-7-18(8-6-17)24-11-2-3-12-24/h4-9,14H,2-3,10-13H2,1H3,(H2,22,23,25). The Morgan fingerprint density at radius 3 is 2.58 bits per heavy atom. The quantitative estimate of drug-likeness (QED) is 0.735. The van der Waals surface area contributed by atoms with Crippen molar-refractivity contribution < 1.29 is 9.53 Å². The number of hydrogen-bond acceptors (Lipinski definition) is 3. The van der Waals surface area contributed by atoms with Gasteiger partial charge in [0.1, 0.15) is 12.4 Å². The topological polar surface area (TPSA) is 53.6 Å². The van der Waals surface area contributed by atoms with E-state index < -0.39 is 0 Å². The molecule has 6 heteroatoms. The lowest BCUT2D eigenvalue weighted by Gasteiger charge is -2.17. The first-order valence-corrected chi connectivity index (χ1v) is 9.28. The third kappa shape index (κ3) is 5.05. The summed E-state index contributed by atoms with van der Waals surface area (Å²) in [6, 6.07) is 13.2. The third-order valence-corrected chi connectivity index (χ3v) is 4.61. The van der Waals surface area contributed by atoms with Gasteiger partial charge in [0.05, 0.1) is 6.54 Å². The van der Waals surface area contributed by atoms with Gasteiger partial charge in [-0.15, -0.1) is 0 Å². The molecule has 1 saturated heterocycles. The second-order valence-corrected chi connectivity index (χ2v) is 6.82. The van der Waals surface area contributed by atoms with E-state index in [1.807, 2.05) is 43.3 Å². The molecule has 2 aromatic rings. The molecule has 0 atom stereocenters. The number of urea groups is 1. The van der Waals surface area contributed by atoms with Crippen LogP contribution in [-0.4, -0.2) is 32.3 Å². The van der Waals surface area contributed by atoms with Crippen molar-refractivity contribution in [3.8, 4) is 5.75 Å². The van der Waals surface area contributed by atoms with Gasteiger partial charge in [-0.05, 0) is 67.8 Å². The van der Waals surface area contributed by atoms with E-state index in [1.54, 1.807) is 6.07 Å². The van der Waals surface area contributed by atoms with E-state index in [0.717, 1.165) is 30.1 Å². The smallest absolute Gasteiger partial charge is 0.319 e. The molecule has 2 N–H and O–H groups in total. The summed E-state index contributed by atoms with van der Waals surface area (Å²) in [5.74, 6) is 0.772. The Morgan fingerprint density at radius 2 is 1.88 bits per heavy atom. The van der Waals surface area contributed by atoms with Crippen LogP contribution in [0.5, 0.6) is 5.75 Å². The molecule has 0 radical (unpaired) electrons. The molecule has 0 spiro atoms. The van der Waals surface area contributed by atoms with Gasteiger partial charge in [-0.1, -0.05) is 11.6 Å². The zero-order valence-electron chi connectivity index (χ0n) is 14.9. The van der Waals surface area contributed by atoms with Gasteiger partial charge in [-0.3, -0.25) is 0 Å². The highest BCUT2D eigenvalue weighted by atomic mass is 35.5. The number of rotatable bonds is 6. The zero-order valence-corrected chi connectivity index (χ0v) is 15.7. The molecule has 0 bridgehead atoms. The number of carbonyl (C=O) groups is 1. The van der Waals surface area contributed by atoms with Gasteiger partial charge in [0.15, 0.2) is 0 Å². The summed E-state index contributed by atoms with van der Waals surface area (Å²) in [5.41, 5.74) is 2.96. The molecule has 138 valence electrons. The number of benzene rings is 2. The Balaban J connectivity index is 1.39. The fraction of sp³-hybridized carbons (Fsp3) is 0.350. The van der Waals surface area contributed by atoms with E-state index in [1.165, 1.54) is 18.5 Å². The van der Waals surface area contributed by atoms with Crippen LogP contribution in [0, 0.1) is 6.92 Å². The van der Waals surface area contributed by atoms with Gasteiger partial charge in [0.2, 0.25) is 0 Å². The summed E-state index contributed by atoms with van der Waals surface area (Å²) >= 11 is 5.92. The molecule has 26 heavy (non-hydrogen) atoms. The Bertz CT molecular complexity index is 743. The van der Waals surface area contributed by atoms with Gasteiger partial charge in [0.25, 0.3) is 0 Å². The first-order valence-electron chi connectivity index (χ1n) is 8.90. The number of ether oxygens (including phenoxy) is 1. The van der Waals surface area contributed by atoms with Crippen LogP contribution in [-0.2, 0) is 0 Å². The predicted octanol–water partition coefficient (Wildman–Crippen LogP) is 4.45. The number of nitrogens with zero attached hydrogens (tertiary/aromatic N) is 1. The Morgan fingerprint density at radius 1 is 1.15 bits per heavy atom. The van der Waals surface area contributed by atoms with Gasteiger partial charge in [0, 0.05) is 29.5 Å². The van der Waals surface area contributed by atoms with Crippen molar-refractivity contribution in [2.24, 2.45) is 0 Å². The fourth-order valence-corrected chi connectivity index (χ4v) is 3.23. The molecule has 2 aromatic carbocycles. The molecular formula is C20H24ClN3O2. The molecule has 1 fully saturated rings. The Kier molecular flexibility index (Phi) is 6.23. The van der Waals surface area contributed by atoms with Crippen LogP contribution < -0.4 is 20.3 Å². The number of halogens is 1. The monoisotopic (exact) mass is 373 g/mol. The van der Waals surface area contributed by atoms with Gasteiger partial charge < -0.3 is 20.3 Å². The van der Waals surface area contributed by atoms with Crippen LogP contribution >= 0.6 is 11.6 Å². The molecule has 0 saturated carbocycles. The summed E-state index contributed by atoms with van der Waals surface area (Å²) in [5, 5.41) is 6.31. The number of anilines is 2. The molecule has 1 heterocycles. The number of carbonyl (C=O) groups excluding carboxylic acids is 1. The second-order valence-electron chi connectivity index (χ2n) is 6.38. The van der Waals surface area contributed by atoms with Gasteiger partial charge in [-0.2, -0.15) is 0 Å². The minimum absolute atomic E-state index is 0.240. The predicted molar refractivity (Wildman–Crippen MR) is 107 cm³/mol. The van der Waals surface area contributed by atoms with E-state index in [9.17, 15) is 4.79 Å². The van der Waals surface area contributed by atoms with E-state index in [-0.39, 0.29) is 6.03 Å². The highest BCUT2D eigenvalue weighted by Crippen LogP contribution is 2.22. The van der Waals surface area contributed by atoms with Crippen LogP contribution in [0.2, 0.25) is 5.02 Å². The van der Waals surface area contributed by atoms with Crippen molar-refractivity contribution in [2.45, 2.75) is 19.8 Å². The number of amides is 2. The second kappa shape index (κ2) is 8.81. The maximum atomic E-state index is 12.0. The van der Waals surface area contributed by atoms with Crippen LogP contribution in [0.1, 0.15) is 18.4 Å². The summed E-state index contributed by atoms with van der Waals surface area (Å²) in [7, 11) is 0. The van der Waals surface area contributed by atoms with E-state index in [4.69, 9.17) is 16.3 Å². The van der Waals surface area contributed by atoms with Crippen LogP contribution in [0.4, 0.5) is 16.2 Å². The van der Waals surface area contributed by atoms with E-state index in [0.29, 0.717) is 18.2 Å². The molecule has 0 aliphatic carbocycles. The fourth-order valence-electron chi connectivity index (χ4n) is 3.01. The van der Waals surface area contributed by atoms with Crippen LogP contribution in [0.15, 0.2) is 42.5 Å².